The van der Waals surface area contributed by atoms with E-state index in [4.69, 9.17) is 9.72 Å². The smallest absolute Gasteiger partial charge is 0.161 e. The lowest BCUT2D eigenvalue weighted by molar-refractivity contribution is -0.0766. The molecule has 4 rings (SSSR count). The number of pyridine rings is 1. The van der Waals surface area contributed by atoms with Crippen LogP contribution in [0.2, 0.25) is 0 Å². The molecule has 2 aromatic heterocycles. The summed E-state index contributed by atoms with van der Waals surface area (Å²) in [6.45, 7) is 8.07. The average molecular weight is 351 g/mol. The molecular formula is C21H25N3O2. The predicted molar refractivity (Wildman–Crippen MR) is 102 cm³/mol. The van der Waals surface area contributed by atoms with Crippen LogP contribution in [0.15, 0.2) is 42.6 Å². The summed E-state index contributed by atoms with van der Waals surface area (Å²) in [7, 11) is 0. The Morgan fingerprint density at radius 3 is 2.58 bits per heavy atom. The molecule has 0 saturated heterocycles. The number of ether oxygens (including phenoxy) is 1. The van der Waals surface area contributed by atoms with Gasteiger partial charge in [0.2, 0.25) is 0 Å². The van der Waals surface area contributed by atoms with Crippen molar-refractivity contribution < 1.29 is 9.84 Å². The Kier molecular flexibility index (Phi) is 4.21. The molecule has 1 aliphatic rings. The van der Waals surface area contributed by atoms with Gasteiger partial charge >= 0.3 is 0 Å². The second-order valence-corrected chi connectivity index (χ2v) is 7.25. The number of rotatable bonds is 3. The highest BCUT2D eigenvalue weighted by Crippen LogP contribution is 2.43. The van der Waals surface area contributed by atoms with Crippen molar-refractivity contribution in [2.24, 2.45) is 0 Å². The van der Waals surface area contributed by atoms with Crippen molar-refractivity contribution in [3.05, 3.63) is 65.1 Å². The summed E-state index contributed by atoms with van der Waals surface area (Å²) in [4.78, 5) is 4.76. The van der Waals surface area contributed by atoms with Gasteiger partial charge in [-0.2, -0.15) is 0 Å². The van der Waals surface area contributed by atoms with Crippen LogP contribution >= 0.6 is 0 Å². The van der Waals surface area contributed by atoms with E-state index in [1.165, 1.54) is 0 Å². The van der Waals surface area contributed by atoms with Gasteiger partial charge in [-0.25, -0.2) is 4.98 Å². The Labute approximate surface area is 153 Å². The molecule has 2 N–H and O–H groups in total. The zero-order chi connectivity index (χ0) is 18.4. The van der Waals surface area contributed by atoms with Crippen molar-refractivity contribution in [3.63, 3.8) is 0 Å². The molecule has 0 saturated carbocycles. The van der Waals surface area contributed by atoms with Crippen LogP contribution in [0.5, 0.6) is 0 Å². The molecule has 0 amide bonds. The molecule has 0 radical (unpaired) electrons. The standard InChI is InChI=1S/C21H25N3O2/c1-12(2)26-20-16-10-11-24-14(4)13(3)22-21(24)18(16)23-17(19(20)25)15-8-6-5-7-9-15/h5-12,17,19-20,23,25H,1-4H3/t17-,19-,20-/m1/s1. The summed E-state index contributed by atoms with van der Waals surface area (Å²) in [5.74, 6) is 0. The first-order valence-corrected chi connectivity index (χ1v) is 9.10. The molecule has 0 unspecified atom stereocenters. The fraction of sp³-hybridized carbons (Fsp3) is 0.381. The Balaban J connectivity index is 1.90. The number of aliphatic hydroxyl groups is 1. The topological polar surface area (TPSA) is 58.8 Å². The number of nitrogens with zero attached hydrogens (tertiary/aromatic N) is 2. The summed E-state index contributed by atoms with van der Waals surface area (Å²) in [5.41, 5.74) is 5.93. The first kappa shape index (κ1) is 17.1. The highest BCUT2D eigenvalue weighted by Gasteiger charge is 2.38. The first-order valence-electron chi connectivity index (χ1n) is 9.10. The number of aliphatic hydroxyl groups excluding tert-OH is 1. The number of imidazole rings is 1. The fourth-order valence-electron chi connectivity index (χ4n) is 3.73. The maximum absolute atomic E-state index is 11.1. The lowest BCUT2D eigenvalue weighted by atomic mass is 9.89. The number of hydrogen-bond donors (Lipinski definition) is 2. The van der Waals surface area contributed by atoms with Gasteiger partial charge in [-0.1, -0.05) is 30.3 Å². The van der Waals surface area contributed by atoms with Gasteiger partial charge < -0.3 is 19.6 Å². The third-order valence-corrected chi connectivity index (χ3v) is 5.14. The van der Waals surface area contributed by atoms with Crippen molar-refractivity contribution in [1.29, 1.82) is 0 Å². The minimum atomic E-state index is -0.688. The summed E-state index contributed by atoms with van der Waals surface area (Å²) < 4.78 is 8.23. The van der Waals surface area contributed by atoms with Gasteiger partial charge in [0, 0.05) is 17.5 Å². The van der Waals surface area contributed by atoms with Gasteiger partial charge in [-0.15, -0.1) is 0 Å². The van der Waals surface area contributed by atoms with Crippen molar-refractivity contribution in [3.8, 4) is 0 Å². The number of aryl methyl sites for hydroxylation is 2. The molecule has 0 aliphatic carbocycles. The molecule has 3 heterocycles. The number of aromatic nitrogens is 2. The first-order chi connectivity index (χ1) is 12.5. The average Bonchev–Trinajstić information content (AvgIpc) is 2.92. The lowest BCUT2D eigenvalue weighted by Crippen LogP contribution is -2.38. The van der Waals surface area contributed by atoms with Gasteiger partial charge in [-0.05, 0) is 39.3 Å². The van der Waals surface area contributed by atoms with E-state index in [0.717, 1.165) is 33.8 Å². The number of fused-ring (bicyclic) bond motifs is 3. The summed E-state index contributed by atoms with van der Waals surface area (Å²) in [5, 5.41) is 14.6. The monoisotopic (exact) mass is 351 g/mol. The van der Waals surface area contributed by atoms with Crippen LogP contribution in [0.1, 0.15) is 48.5 Å². The highest BCUT2D eigenvalue weighted by atomic mass is 16.5. The minimum Gasteiger partial charge on any atom is -0.388 e. The Bertz CT molecular complexity index is 933. The third-order valence-electron chi connectivity index (χ3n) is 5.14. The maximum Gasteiger partial charge on any atom is 0.161 e. The molecule has 1 aliphatic heterocycles. The van der Waals surface area contributed by atoms with E-state index in [1.807, 2.05) is 63.4 Å². The number of anilines is 1. The molecule has 3 aromatic rings. The quantitative estimate of drug-likeness (QED) is 0.750. The van der Waals surface area contributed by atoms with Gasteiger partial charge in [0.15, 0.2) is 5.65 Å². The van der Waals surface area contributed by atoms with E-state index >= 15 is 0 Å². The van der Waals surface area contributed by atoms with Crippen molar-refractivity contribution in [2.75, 3.05) is 5.32 Å². The predicted octanol–water partition coefficient (Wildman–Crippen LogP) is 3.94. The molecule has 0 fully saturated rings. The molecule has 0 spiro atoms. The van der Waals surface area contributed by atoms with Crippen LogP contribution in [0.4, 0.5) is 5.69 Å². The zero-order valence-electron chi connectivity index (χ0n) is 15.6. The number of benzene rings is 1. The van der Waals surface area contributed by atoms with Crippen LogP contribution in [0, 0.1) is 13.8 Å². The largest absolute Gasteiger partial charge is 0.388 e. The third kappa shape index (κ3) is 2.68. The van der Waals surface area contributed by atoms with Gasteiger partial charge in [0.1, 0.15) is 12.2 Å². The minimum absolute atomic E-state index is 0.0106. The normalized spacial score (nSPS) is 22.5. The number of hydrogen-bond acceptors (Lipinski definition) is 4. The van der Waals surface area contributed by atoms with E-state index in [2.05, 4.69) is 16.6 Å². The lowest BCUT2D eigenvalue weighted by Gasteiger charge is -2.38. The van der Waals surface area contributed by atoms with Gasteiger partial charge in [0.25, 0.3) is 0 Å². The van der Waals surface area contributed by atoms with Crippen molar-refractivity contribution in [1.82, 2.24) is 9.38 Å². The van der Waals surface area contributed by atoms with E-state index in [0.29, 0.717) is 0 Å². The molecule has 0 bridgehead atoms. The van der Waals surface area contributed by atoms with Gasteiger partial charge in [0.05, 0.1) is 23.5 Å². The Morgan fingerprint density at radius 2 is 1.88 bits per heavy atom. The second-order valence-electron chi connectivity index (χ2n) is 7.25. The van der Waals surface area contributed by atoms with Crippen molar-refractivity contribution >= 4 is 11.3 Å². The summed E-state index contributed by atoms with van der Waals surface area (Å²) >= 11 is 0. The van der Waals surface area contributed by atoms with Crippen LogP contribution in [-0.2, 0) is 4.74 Å². The van der Waals surface area contributed by atoms with E-state index in [9.17, 15) is 5.11 Å². The molecule has 1 aromatic carbocycles. The van der Waals surface area contributed by atoms with Crippen LogP contribution in [0.25, 0.3) is 5.65 Å². The fourth-order valence-corrected chi connectivity index (χ4v) is 3.73. The van der Waals surface area contributed by atoms with Crippen LogP contribution < -0.4 is 5.32 Å². The molecular weight excluding hydrogens is 326 g/mol. The van der Waals surface area contributed by atoms with Crippen LogP contribution in [0.3, 0.4) is 0 Å². The summed E-state index contributed by atoms with van der Waals surface area (Å²) in [6.07, 6.45) is 0.930. The molecule has 136 valence electrons. The van der Waals surface area contributed by atoms with Crippen LogP contribution in [-0.4, -0.2) is 26.7 Å². The molecule has 26 heavy (non-hydrogen) atoms. The van der Waals surface area contributed by atoms with Crippen molar-refractivity contribution in [2.45, 2.75) is 52.0 Å². The van der Waals surface area contributed by atoms with Gasteiger partial charge in [-0.3, -0.25) is 0 Å². The SMILES string of the molecule is Cc1nc2c3c(ccn2c1C)[C@@H](OC(C)C)[C@H](O)[C@@H](c1ccccc1)N3. The van der Waals surface area contributed by atoms with E-state index < -0.39 is 12.2 Å². The molecule has 5 nitrogen and oxygen atoms in total. The highest BCUT2D eigenvalue weighted by molar-refractivity contribution is 5.75. The Morgan fingerprint density at radius 1 is 1.15 bits per heavy atom. The summed E-state index contributed by atoms with van der Waals surface area (Å²) in [6, 6.07) is 11.8. The number of nitrogens with one attached hydrogen (secondary N) is 1. The zero-order valence-corrected chi connectivity index (χ0v) is 15.6. The Hall–Kier alpha value is -2.37. The molecule has 3 atom stereocenters. The molecule has 5 heteroatoms. The second kappa shape index (κ2) is 6.41. The van der Waals surface area contributed by atoms with E-state index in [1.54, 1.807) is 0 Å². The van der Waals surface area contributed by atoms with E-state index in [-0.39, 0.29) is 12.1 Å². The maximum atomic E-state index is 11.1.